The van der Waals surface area contributed by atoms with Gasteiger partial charge in [-0.2, -0.15) is 0 Å². The van der Waals surface area contributed by atoms with Gasteiger partial charge in [-0.25, -0.2) is 8.42 Å². The van der Waals surface area contributed by atoms with Gasteiger partial charge in [0, 0.05) is 24.9 Å². The molecular formula is C17H20N2O3S2. The van der Waals surface area contributed by atoms with Gasteiger partial charge in [-0.1, -0.05) is 30.3 Å². The second-order valence-corrected chi connectivity index (χ2v) is 7.69. The predicted molar refractivity (Wildman–Crippen MR) is 98.8 cm³/mol. The van der Waals surface area contributed by atoms with Gasteiger partial charge in [-0.3, -0.25) is 0 Å². The molecule has 0 amide bonds. The topological polar surface area (TPSA) is 67.4 Å². The minimum atomic E-state index is -3.17. The summed E-state index contributed by atoms with van der Waals surface area (Å²) in [6.45, 7) is 1.07. The second kappa shape index (κ2) is 8.12. The number of methoxy groups -OCH3 is 1. The molecule has 2 rings (SSSR count). The number of hydrogen-bond acceptors (Lipinski definition) is 4. The first-order chi connectivity index (χ1) is 11.4. The van der Waals surface area contributed by atoms with Crippen LogP contribution in [-0.4, -0.2) is 26.9 Å². The lowest BCUT2D eigenvalue weighted by atomic mass is 10.2. The van der Waals surface area contributed by atoms with Gasteiger partial charge in [0.05, 0.1) is 12.0 Å². The van der Waals surface area contributed by atoms with Crippen LogP contribution in [0.2, 0.25) is 0 Å². The number of thiocarbonyl (C=S) groups is 1. The largest absolute Gasteiger partial charge is 0.496 e. The molecule has 0 aromatic heterocycles. The maximum atomic E-state index is 11.4. The van der Waals surface area contributed by atoms with Crippen molar-refractivity contribution in [2.24, 2.45) is 0 Å². The Labute approximate surface area is 148 Å². The SMILES string of the molecule is COc1ccccc1CNC(=S)NCc1ccc(S(C)(=O)=O)cc1. The predicted octanol–water partition coefficient (Wildman–Crippen LogP) is 2.26. The third-order valence-corrected chi connectivity index (χ3v) is 4.85. The minimum Gasteiger partial charge on any atom is -0.496 e. The number of rotatable bonds is 6. The average molecular weight is 364 g/mol. The molecule has 0 saturated carbocycles. The second-order valence-electron chi connectivity index (χ2n) is 5.26. The Bertz CT molecular complexity index is 803. The van der Waals surface area contributed by atoms with Crippen molar-refractivity contribution in [3.63, 3.8) is 0 Å². The number of hydrogen-bond donors (Lipinski definition) is 2. The molecule has 0 radical (unpaired) electrons. The van der Waals surface area contributed by atoms with Crippen LogP contribution in [0.15, 0.2) is 53.4 Å². The van der Waals surface area contributed by atoms with Crippen molar-refractivity contribution in [3.8, 4) is 5.75 Å². The van der Waals surface area contributed by atoms with Gasteiger partial charge in [0.25, 0.3) is 0 Å². The molecular weight excluding hydrogens is 344 g/mol. The fourth-order valence-electron chi connectivity index (χ4n) is 2.12. The molecule has 0 aliphatic rings. The van der Waals surface area contributed by atoms with E-state index in [-0.39, 0.29) is 0 Å². The summed E-state index contributed by atoms with van der Waals surface area (Å²) in [6.07, 6.45) is 1.19. The maximum absolute atomic E-state index is 11.4. The van der Waals surface area contributed by atoms with Crippen molar-refractivity contribution < 1.29 is 13.2 Å². The summed E-state index contributed by atoms with van der Waals surface area (Å²) in [5.74, 6) is 0.809. The van der Waals surface area contributed by atoms with E-state index in [4.69, 9.17) is 17.0 Å². The molecule has 0 spiro atoms. The van der Waals surface area contributed by atoms with Gasteiger partial charge in [0.2, 0.25) is 0 Å². The lowest BCUT2D eigenvalue weighted by Crippen LogP contribution is -2.34. The van der Waals surface area contributed by atoms with Crippen LogP contribution in [0.1, 0.15) is 11.1 Å². The summed E-state index contributed by atoms with van der Waals surface area (Å²) < 4.78 is 28.1. The molecule has 0 fully saturated rings. The van der Waals surface area contributed by atoms with Crippen LogP contribution < -0.4 is 15.4 Å². The summed E-state index contributed by atoms with van der Waals surface area (Å²) in [6, 6.07) is 14.5. The van der Waals surface area contributed by atoms with Gasteiger partial charge >= 0.3 is 0 Å². The Morgan fingerprint density at radius 3 is 2.29 bits per heavy atom. The Kier molecular flexibility index (Phi) is 6.16. The molecule has 0 saturated heterocycles. The monoisotopic (exact) mass is 364 g/mol. The molecule has 2 aromatic carbocycles. The van der Waals surface area contributed by atoms with E-state index in [1.165, 1.54) is 6.26 Å². The van der Waals surface area contributed by atoms with Crippen LogP contribution in [-0.2, 0) is 22.9 Å². The third kappa shape index (κ3) is 5.21. The smallest absolute Gasteiger partial charge is 0.175 e. The Balaban J connectivity index is 1.85. The highest BCUT2D eigenvalue weighted by molar-refractivity contribution is 7.90. The molecule has 7 heteroatoms. The Hall–Kier alpha value is -2.12. The van der Waals surface area contributed by atoms with E-state index in [1.807, 2.05) is 24.3 Å². The summed E-state index contributed by atoms with van der Waals surface area (Å²) in [5, 5.41) is 6.74. The van der Waals surface area contributed by atoms with Crippen molar-refractivity contribution in [3.05, 3.63) is 59.7 Å². The molecule has 24 heavy (non-hydrogen) atoms. The standard InChI is InChI=1S/C17H20N2O3S2/c1-22-16-6-4-3-5-14(16)12-19-17(23)18-11-13-7-9-15(10-8-13)24(2,20)21/h3-10H,11-12H2,1-2H3,(H2,18,19,23). The molecule has 0 atom stereocenters. The summed E-state index contributed by atoms with van der Waals surface area (Å²) in [4.78, 5) is 0.308. The van der Waals surface area contributed by atoms with E-state index in [2.05, 4.69) is 10.6 Å². The van der Waals surface area contributed by atoms with Crippen molar-refractivity contribution in [1.82, 2.24) is 10.6 Å². The minimum absolute atomic E-state index is 0.308. The van der Waals surface area contributed by atoms with E-state index in [0.29, 0.717) is 23.1 Å². The Morgan fingerprint density at radius 2 is 1.67 bits per heavy atom. The van der Waals surface area contributed by atoms with Crippen molar-refractivity contribution >= 4 is 27.2 Å². The van der Waals surface area contributed by atoms with Crippen LogP contribution in [0, 0.1) is 0 Å². The number of para-hydroxylation sites is 1. The molecule has 0 aliphatic carbocycles. The van der Waals surface area contributed by atoms with Crippen LogP contribution >= 0.6 is 12.2 Å². The zero-order valence-corrected chi connectivity index (χ0v) is 15.2. The number of sulfone groups is 1. The van der Waals surface area contributed by atoms with Gasteiger partial charge in [-0.15, -0.1) is 0 Å². The van der Waals surface area contributed by atoms with Gasteiger partial charge in [-0.05, 0) is 36.0 Å². The molecule has 128 valence electrons. The van der Waals surface area contributed by atoms with Gasteiger partial charge in [0.15, 0.2) is 14.9 Å². The van der Waals surface area contributed by atoms with Crippen molar-refractivity contribution in [1.29, 1.82) is 0 Å². The number of ether oxygens (including phenoxy) is 1. The summed E-state index contributed by atoms with van der Waals surface area (Å²) >= 11 is 5.26. The first-order valence-electron chi connectivity index (χ1n) is 7.33. The summed E-state index contributed by atoms with van der Waals surface area (Å²) in [7, 11) is -1.53. The molecule has 0 heterocycles. The van der Waals surface area contributed by atoms with Crippen molar-refractivity contribution in [2.45, 2.75) is 18.0 Å². The zero-order chi connectivity index (χ0) is 17.6. The average Bonchev–Trinajstić information content (AvgIpc) is 2.58. The molecule has 2 aromatic rings. The van der Waals surface area contributed by atoms with Crippen LogP contribution in [0.5, 0.6) is 5.75 Å². The Morgan fingerprint density at radius 1 is 1.04 bits per heavy atom. The third-order valence-electron chi connectivity index (χ3n) is 3.44. The lowest BCUT2D eigenvalue weighted by Gasteiger charge is -2.13. The first-order valence-corrected chi connectivity index (χ1v) is 9.62. The number of nitrogens with one attached hydrogen (secondary N) is 2. The van der Waals surface area contributed by atoms with E-state index < -0.39 is 9.84 Å². The molecule has 2 N–H and O–H groups in total. The van der Waals surface area contributed by atoms with Crippen molar-refractivity contribution in [2.75, 3.05) is 13.4 Å². The molecule has 0 bridgehead atoms. The van der Waals surface area contributed by atoms with Gasteiger partial charge in [0.1, 0.15) is 5.75 Å². The van der Waals surface area contributed by atoms with Crippen LogP contribution in [0.3, 0.4) is 0 Å². The van der Waals surface area contributed by atoms with E-state index in [1.54, 1.807) is 31.4 Å². The molecule has 5 nitrogen and oxygen atoms in total. The fourth-order valence-corrected chi connectivity index (χ4v) is 2.90. The van der Waals surface area contributed by atoms with E-state index in [0.717, 1.165) is 16.9 Å². The van der Waals surface area contributed by atoms with E-state index >= 15 is 0 Å². The fraction of sp³-hybridized carbons (Fsp3) is 0.235. The first kappa shape index (κ1) is 18.2. The maximum Gasteiger partial charge on any atom is 0.175 e. The van der Waals surface area contributed by atoms with Crippen LogP contribution in [0.25, 0.3) is 0 Å². The molecule has 0 unspecified atom stereocenters. The van der Waals surface area contributed by atoms with Crippen LogP contribution in [0.4, 0.5) is 0 Å². The normalized spacial score (nSPS) is 10.9. The van der Waals surface area contributed by atoms with Gasteiger partial charge < -0.3 is 15.4 Å². The highest BCUT2D eigenvalue weighted by atomic mass is 32.2. The summed E-state index contributed by atoms with van der Waals surface area (Å²) in [5.41, 5.74) is 1.96. The highest BCUT2D eigenvalue weighted by Crippen LogP contribution is 2.16. The lowest BCUT2D eigenvalue weighted by molar-refractivity contribution is 0.409. The van der Waals surface area contributed by atoms with E-state index in [9.17, 15) is 8.42 Å². The number of benzene rings is 2. The molecule has 0 aliphatic heterocycles. The highest BCUT2D eigenvalue weighted by Gasteiger charge is 2.06. The zero-order valence-electron chi connectivity index (χ0n) is 13.6. The quantitative estimate of drug-likeness (QED) is 0.767.